The maximum Gasteiger partial charge on any atom is 0.126 e. The Hall–Kier alpha value is -0.0400. The van der Waals surface area contributed by atoms with Crippen LogP contribution < -0.4 is 0 Å². The van der Waals surface area contributed by atoms with Crippen molar-refractivity contribution in [1.82, 2.24) is 0 Å². The van der Waals surface area contributed by atoms with Gasteiger partial charge in [0.2, 0.25) is 0 Å². The molecule has 2 nitrogen and oxygen atoms in total. The molecule has 0 aromatic rings. The number of hydrogen-bond acceptors (Lipinski definition) is 2. The van der Waals surface area contributed by atoms with E-state index in [0.29, 0.717) is 18.3 Å². The van der Waals surface area contributed by atoms with Gasteiger partial charge < -0.3 is 9.84 Å². The average molecular weight is 361 g/mol. The van der Waals surface area contributed by atoms with Crippen molar-refractivity contribution in [3.63, 3.8) is 0 Å². The molecule has 0 rings (SSSR count). The first-order valence-corrected chi connectivity index (χ1v) is 9.19. The van der Waals surface area contributed by atoms with Crippen LogP contribution in [0.25, 0.3) is 0 Å². The fourth-order valence-electron chi connectivity index (χ4n) is 2.53. The molecule has 0 radical (unpaired) electrons. The van der Waals surface area contributed by atoms with Crippen LogP contribution in [0.3, 0.4) is 0 Å². The summed E-state index contributed by atoms with van der Waals surface area (Å²) in [6, 6.07) is 0. The van der Waals surface area contributed by atoms with Crippen LogP contribution in [0.1, 0.15) is 67.2 Å². The summed E-state index contributed by atoms with van der Waals surface area (Å²) in [5, 5.41) is 11.4. The summed E-state index contributed by atoms with van der Waals surface area (Å²) in [7, 11) is 0. The molecule has 0 aliphatic heterocycles. The van der Waals surface area contributed by atoms with Crippen LogP contribution in [0.5, 0.6) is 0 Å². The lowest BCUT2D eigenvalue weighted by atomic mass is 9.90. The standard InChI is InChI=1S/C18H33BrO2/c1-15(2)13-17(5,20)9-10-18(6,14-16(3)4)21-12-8-7-11-19/h15-16,20H,7-8,11-14H2,1-6H3. The summed E-state index contributed by atoms with van der Waals surface area (Å²) in [4.78, 5) is 0. The molecule has 0 saturated heterocycles. The van der Waals surface area contributed by atoms with E-state index in [-0.39, 0.29) is 0 Å². The second-order valence-corrected chi connectivity index (χ2v) is 7.99. The molecular formula is C18H33BrO2. The van der Waals surface area contributed by atoms with Crippen molar-refractivity contribution < 1.29 is 9.84 Å². The summed E-state index contributed by atoms with van der Waals surface area (Å²) in [6.07, 6.45) is 3.70. The third kappa shape index (κ3) is 11.2. The third-order valence-corrected chi connectivity index (χ3v) is 3.71. The summed E-state index contributed by atoms with van der Waals surface area (Å²) < 4.78 is 6.04. The maximum absolute atomic E-state index is 10.4. The van der Waals surface area contributed by atoms with Crippen LogP contribution in [0, 0.1) is 23.7 Å². The number of unbranched alkanes of at least 4 members (excludes halogenated alkanes) is 1. The summed E-state index contributed by atoms with van der Waals surface area (Å²) in [5.74, 6) is 7.20. The molecule has 3 heteroatoms. The molecule has 124 valence electrons. The van der Waals surface area contributed by atoms with E-state index >= 15 is 0 Å². The Morgan fingerprint density at radius 1 is 1.00 bits per heavy atom. The van der Waals surface area contributed by atoms with E-state index in [9.17, 15) is 5.11 Å². The molecule has 0 aliphatic rings. The fourth-order valence-corrected chi connectivity index (χ4v) is 2.93. The lowest BCUT2D eigenvalue weighted by Gasteiger charge is -2.27. The van der Waals surface area contributed by atoms with Gasteiger partial charge in [0.05, 0.1) is 0 Å². The van der Waals surface area contributed by atoms with Crippen molar-refractivity contribution in [2.75, 3.05) is 11.9 Å². The average Bonchev–Trinajstić information content (AvgIpc) is 2.30. The van der Waals surface area contributed by atoms with E-state index in [4.69, 9.17) is 4.74 Å². The van der Waals surface area contributed by atoms with Crippen molar-refractivity contribution in [3.8, 4) is 11.8 Å². The van der Waals surface area contributed by atoms with E-state index in [1.807, 2.05) is 6.92 Å². The van der Waals surface area contributed by atoms with Gasteiger partial charge in [-0.1, -0.05) is 55.5 Å². The molecular weight excluding hydrogens is 328 g/mol. The van der Waals surface area contributed by atoms with Gasteiger partial charge in [0.15, 0.2) is 0 Å². The minimum absolute atomic E-state index is 0.422. The fraction of sp³-hybridized carbons (Fsp3) is 0.889. The zero-order valence-electron chi connectivity index (χ0n) is 14.6. The molecule has 0 aromatic heterocycles. The Kier molecular flexibility index (Phi) is 9.85. The number of rotatable bonds is 9. The molecule has 0 saturated carbocycles. The molecule has 1 N–H and O–H groups in total. The Morgan fingerprint density at radius 3 is 2.05 bits per heavy atom. The van der Waals surface area contributed by atoms with Crippen LogP contribution in [-0.4, -0.2) is 28.2 Å². The van der Waals surface area contributed by atoms with Crippen molar-refractivity contribution in [2.24, 2.45) is 11.8 Å². The third-order valence-electron chi connectivity index (χ3n) is 3.15. The van der Waals surface area contributed by atoms with Crippen LogP contribution in [0.4, 0.5) is 0 Å². The summed E-state index contributed by atoms with van der Waals surface area (Å²) >= 11 is 3.43. The summed E-state index contributed by atoms with van der Waals surface area (Å²) in [6.45, 7) is 13.1. The van der Waals surface area contributed by atoms with E-state index in [1.54, 1.807) is 6.92 Å². The highest BCUT2D eigenvalue weighted by Gasteiger charge is 2.26. The quantitative estimate of drug-likeness (QED) is 0.364. The van der Waals surface area contributed by atoms with Crippen LogP contribution in [-0.2, 0) is 4.74 Å². The molecule has 0 spiro atoms. The van der Waals surface area contributed by atoms with Crippen molar-refractivity contribution in [3.05, 3.63) is 0 Å². The van der Waals surface area contributed by atoms with Crippen molar-refractivity contribution in [2.45, 2.75) is 78.4 Å². The zero-order valence-corrected chi connectivity index (χ0v) is 16.2. The van der Waals surface area contributed by atoms with Gasteiger partial charge in [-0.2, -0.15) is 0 Å². The zero-order chi connectivity index (χ0) is 16.5. The second kappa shape index (κ2) is 9.87. The number of hydrogen-bond donors (Lipinski definition) is 1. The molecule has 0 amide bonds. The Labute approximate surface area is 140 Å². The van der Waals surface area contributed by atoms with Crippen LogP contribution >= 0.6 is 15.9 Å². The lowest BCUT2D eigenvalue weighted by molar-refractivity contribution is -0.00335. The van der Waals surface area contributed by atoms with Gasteiger partial charge in [-0.3, -0.25) is 0 Å². The van der Waals surface area contributed by atoms with Crippen LogP contribution in [0.2, 0.25) is 0 Å². The second-order valence-electron chi connectivity index (χ2n) is 7.20. The molecule has 0 heterocycles. The van der Waals surface area contributed by atoms with Gasteiger partial charge >= 0.3 is 0 Å². The minimum atomic E-state index is -0.939. The molecule has 21 heavy (non-hydrogen) atoms. The largest absolute Gasteiger partial charge is 0.378 e. The van der Waals surface area contributed by atoms with Crippen molar-refractivity contribution >= 4 is 15.9 Å². The Morgan fingerprint density at radius 2 is 1.57 bits per heavy atom. The molecule has 0 fully saturated rings. The van der Waals surface area contributed by atoms with E-state index < -0.39 is 11.2 Å². The Bertz CT molecular complexity index is 339. The lowest BCUT2D eigenvalue weighted by Crippen LogP contribution is -2.31. The molecule has 2 atom stereocenters. The molecule has 2 unspecified atom stereocenters. The predicted molar refractivity (Wildman–Crippen MR) is 94.7 cm³/mol. The van der Waals surface area contributed by atoms with Gasteiger partial charge in [-0.05, 0) is 51.4 Å². The first-order valence-electron chi connectivity index (χ1n) is 8.07. The first kappa shape index (κ1) is 21.0. The van der Waals surface area contributed by atoms with Crippen molar-refractivity contribution in [1.29, 1.82) is 0 Å². The van der Waals surface area contributed by atoms with E-state index in [1.165, 1.54) is 0 Å². The number of ether oxygens (including phenoxy) is 1. The monoisotopic (exact) mass is 360 g/mol. The highest BCUT2D eigenvalue weighted by molar-refractivity contribution is 9.09. The first-order chi connectivity index (χ1) is 9.60. The molecule has 0 bridgehead atoms. The van der Waals surface area contributed by atoms with E-state index in [2.05, 4.69) is 55.5 Å². The highest BCUT2D eigenvalue weighted by atomic mass is 79.9. The smallest absolute Gasteiger partial charge is 0.126 e. The van der Waals surface area contributed by atoms with Gasteiger partial charge in [-0.25, -0.2) is 0 Å². The topological polar surface area (TPSA) is 29.5 Å². The SMILES string of the molecule is CC(C)CC(C)(O)C#CC(C)(CC(C)C)OCCCCBr. The maximum atomic E-state index is 10.4. The van der Waals surface area contributed by atoms with Gasteiger partial charge in [0, 0.05) is 11.9 Å². The number of alkyl halides is 1. The predicted octanol–water partition coefficient (Wildman–Crippen LogP) is 4.78. The highest BCUT2D eigenvalue weighted by Crippen LogP contribution is 2.22. The van der Waals surface area contributed by atoms with E-state index in [0.717, 1.165) is 31.2 Å². The van der Waals surface area contributed by atoms with Crippen LogP contribution in [0.15, 0.2) is 0 Å². The minimum Gasteiger partial charge on any atom is -0.378 e. The summed E-state index contributed by atoms with van der Waals surface area (Å²) in [5.41, 5.74) is -1.41. The van der Waals surface area contributed by atoms with Gasteiger partial charge in [0.1, 0.15) is 11.2 Å². The number of aliphatic hydroxyl groups is 1. The normalized spacial score (nSPS) is 17.2. The number of halogens is 1. The van der Waals surface area contributed by atoms with Gasteiger partial charge in [-0.15, -0.1) is 0 Å². The van der Waals surface area contributed by atoms with Gasteiger partial charge in [0.25, 0.3) is 0 Å². The molecule has 0 aliphatic carbocycles. The Balaban J connectivity index is 4.82. The molecule has 0 aromatic carbocycles.